The number of anilines is 4. The van der Waals surface area contributed by atoms with Crippen LogP contribution < -0.4 is 15.1 Å². The summed E-state index contributed by atoms with van der Waals surface area (Å²) in [5.41, 5.74) is 1.45. The number of nitrogens with zero attached hydrogens (tertiary/aromatic N) is 4. The molecule has 206 valence electrons. The number of fused-ring (bicyclic) bond motifs is 2. The first-order chi connectivity index (χ1) is 18.0. The van der Waals surface area contributed by atoms with E-state index in [4.69, 9.17) is 4.74 Å². The van der Waals surface area contributed by atoms with Gasteiger partial charge in [-0.05, 0) is 51.9 Å². The number of piperidine rings is 1. The van der Waals surface area contributed by atoms with Crippen LogP contribution in [0, 0.1) is 17.6 Å². The second-order valence-corrected chi connectivity index (χ2v) is 10.3. The predicted octanol–water partition coefficient (Wildman–Crippen LogP) is 4.84. The highest BCUT2D eigenvalue weighted by Crippen LogP contribution is 2.41. The lowest BCUT2D eigenvalue weighted by atomic mass is 9.94. The quantitative estimate of drug-likeness (QED) is 0.564. The molecule has 38 heavy (non-hydrogen) atoms. The van der Waals surface area contributed by atoms with Crippen molar-refractivity contribution in [1.82, 2.24) is 9.88 Å². The van der Waals surface area contributed by atoms with Crippen molar-refractivity contribution in [2.75, 3.05) is 47.9 Å². The fraction of sp³-hybridized carbons (Fsp3) is 0.538. The molecule has 7 nitrogen and oxygen atoms in total. The van der Waals surface area contributed by atoms with Crippen molar-refractivity contribution in [1.29, 1.82) is 0 Å². The molecule has 4 heterocycles. The SMILES string of the molecule is C[C@H]1CN(c2cc3c(cc2F)Nc2ncc(F)cc2CN3C(=O)C2CCN(CC(F)(F)F)CC2)[C@@H](C)CO1. The van der Waals surface area contributed by atoms with Gasteiger partial charge in [-0.1, -0.05) is 0 Å². The number of hydrogen-bond acceptors (Lipinski definition) is 6. The normalized spacial score (nSPS) is 22.9. The van der Waals surface area contributed by atoms with Gasteiger partial charge < -0.3 is 19.9 Å². The molecule has 1 aromatic carbocycles. The van der Waals surface area contributed by atoms with E-state index in [0.29, 0.717) is 41.6 Å². The minimum Gasteiger partial charge on any atom is -0.375 e. The Balaban J connectivity index is 1.49. The van der Waals surface area contributed by atoms with Crippen LogP contribution >= 0.6 is 0 Å². The van der Waals surface area contributed by atoms with Gasteiger partial charge in [-0.3, -0.25) is 9.69 Å². The van der Waals surface area contributed by atoms with E-state index < -0.39 is 30.3 Å². The smallest absolute Gasteiger partial charge is 0.375 e. The fourth-order valence-electron chi connectivity index (χ4n) is 5.44. The van der Waals surface area contributed by atoms with Crippen molar-refractivity contribution >= 4 is 28.8 Å². The number of hydrogen-bond donors (Lipinski definition) is 1. The van der Waals surface area contributed by atoms with Crippen LogP contribution in [0.4, 0.5) is 44.8 Å². The molecule has 2 saturated heterocycles. The van der Waals surface area contributed by atoms with E-state index in [-0.39, 0.29) is 50.5 Å². The highest BCUT2D eigenvalue weighted by molar-refractivity contribution is 6.00. The van der Waals surface area contributed by atoms with Crippen molar-refractivity contribution in [2.45, 2.75) is 51.6 Å². The molecule has 2 atom stereocenters. The zero-order chi connectivity index (χ0) is 27.2. The van der Waals surface area contributed by atoms with E-state index in [1.54, 1.807) is 6.07 Å². The number of carbonyl (C=O) groups is 1. The van der Waals surface area contributed by atoms with Crippen LogP contribution in [0.2, 0.25) is 0 Å². The van der Waals surface area contributed by atoms with E-state index in [1.165, 1.54) is 21.9 Å². The van der Waals surface area contributed by atoms with Crippen molar-refractivity contribution in [3.63, 3.8) is 0 Å². The Hall–Kier alpha value is -2.99. The monoisotopic (exact) mass is 539 g/mol. The Kier molecular flexibility index (Phi) is 7.21. The molecule has 5 rings (SSSR count). The molecule has 2 fully saturated rings. The van der Waals surface area contributed by atoms with Gasteiger partial charge in [0.15, 0.2) is 0 Å². The molecule has 0 aliphatic carbocycles. The third kappa shape index (κ3) is 5.56. The van der Waals surface area contributed by atoms with Crippen LogP contribution in [0.3, 0.4) is 0 Å². The fourth-order valence-corrected chi connectivity index (χ4v) is 5.44. The zero-order valence-electron chi connectivity index (χ0n) is 21.2. The molecule has 12 heteroatoms. The first kappa shape index (κ1) is 26.6. The maximum atomic E-state index is 15.5. The number of amides is 1. The molecule has 0 radical (unpaired) electrons. The van der Waals surface area contributed by atoms with Crippen molar-refractivity contribution in [3.05, 3.63) is 41.6 Å². The van der Waals surface area contributed by atoms with E-state index >= 15 is 4.39 Å². The van der Waals surface area contributed by atoms with Gasteiger partial charge in [0.25, 0.3) is 0 Å². The number of ether oxygens (including phenoxy) is 1. The number of benzene rings is 1. The minimum atomic E-state index is -4.30. The molecule has 1 amide bonds. The lowest BCUT2D eigenvalue weighted by Gasteiger charge is -2.39. The van der Waals surface area contributed by atoms with Crippen LogP contribution in [-0.2, 0) is 16.1 Å². The molecule has 0 bridgehead atoms. The number of aromatic nitrogens is 1. The molecule has 2 aromatic rings. The molecule has 0 saturated carbocycles. The summed E-state index contributed by atoms with van der Waals surface area (Å²) < 4.78 is 73.8. The molecular formula is C26H30F5N5O2. The molecule has 0 spiro atoms. The number of nitrogens with one attached hydrogen (secondary N) is 1. The van der Waals surface area contributed by atoms with Gasteiger partial charge in [0.2, 0.25) is 5.91 Å². The van der Waals surface area contributed by atoms with Crippen LogP contribution in [0.1, 0.15) is 32.3 Å². The highest BCUT2D eigenvalue weighted by atomic mass is 19.4. The number of halogens is 5. The van der Waals surface area contributed by atoms with E-state index in [2.05, 4.69) is 10.3 Å². The Morgan fingerprint density at radius 2 is 1.87 bits per heavy atom. The Labute approximate surface area is 217 Å². The molecule has 3 aliphatic heterocycles. The number of rotatable bonds is 3. The third-order valence-corrected chi connectivity index (χ3v) is 7.39. The van der Waals surface area contributed by atoms with Gasteiger partial charge in [0.05, 0.1) is 49.1 Å². The standard InChI is InChI=1S/C26H30F5N5O2/c1-15-13-38-16(2)11-35(15)22-9-23-21(8-20(22)28)33-24-18(7-19(27)10-32-24)12-36(23)25(37)17-3-5-34(6-4-17)14-26(29,30)31/h7-10,15-17H,3-6,11-14H2,1-2H3,(H,32,33)/t15-,16-/m0/s1. The first-order valence-electron chi connectivity index (χ1n) is 12.7. The van der Waals surface area contributed by atoms with Gasteiger partial charge >= 0.3 is 6.18 Å². The van der Waals surface area contributed by atoms with Gasteiger partial charge in [-0.15, -0.1) is 0 Å². The Bertz CT molecular complexity index is 1200. The number of alkyl halides is 3. The van der Waals surface area contributed by atoms with Gasteiger partial charge in [-0.25, -0.2) is 13.8 Å². The summed E-state index contributed by atoms with van der Waals surface area (Å²) in [6.45, 7) is 3.96. The summed E-state index contributed by atoms with van der Waals surface area (Å²) in [4.78, 5) is 22.6. The topological polar surface area (TPSA) is 60.9 Å². The third-order valence-electron chi connectivity index (χ3n) is 7.39. The number of pyridine rings is 1. The second-order valence-electron chi connectivity index (χ2n) is 10.3. The lowest BCUT2D eigenvalue weighted by molar-refractivity contribution is -0.149. The largest absolute Gasteiger partial charge is 0.401 e. The average Bonchev–Trinajstić information content (AvgIpc) is 3.00. The average molecular weight is 540 g/mol. The number of likely N-dealkylation sites (tertiary alicyclic amines) is 1. The van der Waals surface area contributed by atoms with Crippen molar-refractivity contribution in [2.24, 2.45) is 5.92 Å². The van der Waals surface area contributed by atoms with Crippen LogP contribution in [-0.4, -0.2) is 66.9 Å². The van der Waals surface area contributed by atoms with Crippen LogP contribution in [0.5, 0.6) is 0 Å². The van der Waals surface area contributed by atoms with Crippen molar-refractivity contribution < 1.29 is 31.5 Å². The molecular weight excluding hydrogens is 509 g/mol. The summed E-state index contributed by atoms with van der Waals surface area (Å²) in [5.74, 6) is -1.57. The predicted molar refractivity (Wildman–Crippen MR) is 133 cm³/mol. The maximum Gasteiger partial charge on any atom is 0.401 e. The first-order valence-corrected chi connectivity index (χ1v) is 12.7. The summed E-state index contributed by atoms with van der Waals surface area (Å²) in [6, 6.07) is 4.10. The van der Waals surface area contributed by atoms with Gasteiger partial charge in [0.1, 0.15) is 17.5 Å². The van der Waals surface area contributed by atoms with E-state index in [9.17, 15) is 22.4 Å². The molecule has 0 unspecified atom stereocenters. The van der Waals surface area contributed by atoms with Gasteiger partial charge in [-0.2, -0.15) is 13.2 Å². The highest BCUT2D eigenvalue weighted by Gasteiger charge is 2.37. The van der Waals surface area contributed by atoms with E-state index in [1.807, 2.05) is 18.7 Å². The van der Waals surface area contributed by atoms with Crippen LogP contribution in [0.15, 0.2) is 24.4 Å². The Morgan fingerprint density at radius 1 is 1.13 bits per heavy atom. The minimum absolute atomic E-state index is 0.0121. The number of morpholine rings is 1. The second kappa shape index (κ2) is 10.3. The zero-order valence-corrected chi connectivity index (χ0v) is 21.2. The lowest BCUT2D eigenvalue weighted by Crippen LogP contribution is -2.48. The van der Waals surface area contributed by atoms with E-state index in [0.717, 1.165) is 6.20 Å². The summed E-state index contributed by atoms with van der Waals surface area (Å²) in [6.07, 6.45) is -2.86. The van der Waals surface area contributed by atoms with Crippen molar-refractivity contribution in [3.8, 4) is 0 Å². The van der Waals surface area contributed by atoms with Crippen LogP contribution in [0.25, 0.3) is 0 Å². The molecule has 1 N–H and O–H groups in total. The summed E-state index contributed by atoms with van der Waals surface area (Å²) in [7, 11) is 0. The Morgan fingerprint density at radius 3 is 2.58 bits per heavy atom. The summed E-state index contributed by atoms with van der Waals surface area (Å²) >= 11 is 0. The molecule has 1 aromatic heterocycles. The van der Waals surface area contributed by atoms with Gasteiger partial charge in [0, 0.05) is 30.1 Å². The molecule has 3 aliphatic rings. The number of carbonyl (C=O) groups excluding carboxylic acids is 1. The summed E-state index contributed by atoms with van der Waals surface area (Å²) in [5, 5.41) is 3.05. The maximum absolute atomic E-state index is 15.5.